The van der Waals surface area contributed by atoms with Crippen molar-refractivity contribution in [3.05, 3.63) is 65.2 Å². The molecule has 0 spiro atoms. The summed E-state index contributed by atoms with van der Waals surface area (Å²) in [7, 11) is 0. The van der Waals surface area contributed by atoms with Gasteiger partial charge in [0.25, 0.3) is 0 Å². The van der Waals surface area contributed by atoms with Crippen LogP contribution in [0.3, 0.4) is 0 Å². The largest absolute Gasteiger partial charge is 0.417 e. The molecule has 0 saturated carbocycles. The van der Waals surface area contributed by atoms with E-state index in [1.807, 2.05) is 0 Å². The van der Waals surface area contributed by atoms with Crippen LogP contribution in [0.15, 0.2) is 53.4 Å². The minimum Gasteiger partial charge on any atom is -0.384 e. The molecule has 0 amide bonds. The molecule has 20 heavy (non-hydrogen) atoms. The zero-order chi connectivity index (χ0) is 14.8. The van der Waals surface area contributed by atoms with Gasteiger partial charge in [0, 0.05) is 4.90 Å². The van der Waals surface area contributed by atoms with Crippen molar-refractivity contribution in [2.24, 2.45) is 0 Å². The molecule has 5 heteroatoms. The Kier molecular flexibility index (Phi) is 4.40. The van der Waals surface area contributed by atoms with Crippen LogP contribution in [-0.2, 0) is 6.18 Å². The maximum absolute atomic E-state index is 13.0. The standard InChI is InChI=1S/C15H13F3OS/c1-20-13-8-7-11(9-12(13)15(16,17)18)14(19)10-5-3-2-4-6-10/h2-9,14,19H,1H3. The molecule has 0 heterocycles. The highest BCUT2D eigenvalue weighted by atomic mass is 32.2. The van der Waals surface area contributed by atoms with Crippen molar-refractivity contribution in [2.75, 3.05) is 6.26 Å². The van der Waals surface area contributed by atoms with Crippen LogP contribution in [0.2, 0.25) is 0 Å². The van der Waals surface area contributed by atoms with E-state index in [-0.39, 0.29) is 10.5 Å². The van der Waals surface area contributed by atoms with E-state index in [9.17, 15) is 18.3 Å². The lowest BCUT2D eigenvalue weighted by molar-refractivity contribution is -0.139. The van der Waals surface area contributed by atoms with E-state index < -0.39 is 17.8 Å². The van der Waals surface area contributed by atoms with Crippen LogP contribution in [-0.4, -0.2) is 11.4 Å². The van der Waals surface area contributed by atoms with Crippen molar-refractivity contribution < 1.29 is 18.3 Å². The quantitative estimate of drug-likeness (QED) is 0.841. The molecule has 0 aliphatic carbocycles. The van der Waals surface area contributed by atoms with Gasteiger partial charge in [-0.3, -0.25) is 0 Å². The van der Waals surface area contributed by atoms with Crippen molar-refractivity contribution in [3.63, 3.8) is 0 Å². The Bertz CT molecular complexity index is 581. The highest BCUT2D eigenvalue weighted by Crippen LogP contribution is 2.38. The van der Waals surface area contributed by atoms with Gasteiger partial charge in [-0.25, -0.2) is 0 Å². The van der Waals surface area contributed by atoms with Crippen LogP contribution < -0.4 is 0 Å². The van der Waals surface area contributed by atoms with Gasteiger partial charge in [0.05, 0.1) is 5.56 Å². The third-order valence-electron chi connectivity index (χ3n) is 2.96. The zero-order valence-corrected chi connectivity index (χ0v) is 11.5. The summed E-state index contributed by atoms with van der Waals surface area (Å²) in [5.74, 6) is 0. The summed E-state index contributed by atoms with van der Waals surface area (Å²) in [4.78, 5) is 0.154. The lowest BCUT2D eigenvalue weighted by atomic mass is 9.99. The number of hydrogen-bond acceptors (Lipinski definition) is 2. The van der Waals surface area contributed by atoms with Crippen molar-refractivity contribution in [1.82, 2.24) is 0 Å². The Labute approximate surface area is 119 Å². The predicted molar refractivity (Wildman–Crippen MR) is 73.7 cm³/mol. The van der Waals surface area contributed by atoms with Crippen molar-refractivity contribution >= 4 is 11.8 Å². The van der Waals surface area contributed by atoms with Crippen LogP contribution >= 0.6 is 11.8 Å². The van der Waals surface area contributed by atoms with Gasteiger partial charge >= 0.3 is 6.18 Å². The minimum atomic E-state index is -4.43. The monoisotopic (exact) mass is 298 g/mol. The first-order chi connectivity index (χ1) is 9.43. The Hall–Kier alpha value is -1.46. The maximum Gasteiger partial charge on any atom is 0.417 e. The smallest absolute Gasteiger partial charge is 0.384 e. The molecular weight excluding hydrogens is 285 g/mol. The van der Waals surface area contributed by atoms with Crippen molar-refractivity contribution in [3.8, 4) is 0 Å². The second-order valence-corrected chi connectivity index (χ2v) is 5.12. The first-order valence-electron chi connectivity index (χ1n) is 5.91. The molecule has 0 aromatic heterocycles. The third-order valence-corrected chi connectivity index (χ3v) is 3.76. The SMILES string of the molecule is CSc1ccc(C(O)c2ccccc2)cc1C(F)(F)F. The summed E-state index contributed by atoms with van der Waals surface area (Å²) < 4.78 is 39.0. The Balaban J connectivity index is 2.44. The molecule has 0 aliphatic heterocycles. The molecule has 1 unspecified atom stereocenters. The second-order valence-electron chi connectivity index (χ2n) is 4.27. The third kappa shape index (κ3) is 3.16. The number of thioether (sulfide) groups is 1. The number of hydrogen-bond donors (Lipinski definition) is 1. The molecule has 106 valence electrons. The lowest BCUT2D eigenvalue weighted by Crippen LogP contribution is -2.09. The summed E-state index contributed by atoms with van der Waals surface area (Å²) in [6.45, 7) is 0. The average Bonchev–Trinajstić information content (AvgIpc) is 2.46. The van der Waals surface area contributed by atoms with Gasteiger partial charge in [-0.1, -0.05) is 36.4 Å². The van der Waals surface area contributed by atoms with Crippen molar-refractivity contribution in [2.45, 2.75) is 17.2 Å². The lowest BCUT2D eigenvalue weighted by Gasteiger charge is -2.16. The highest BCUT2D eigenvalue weighted by molar-refractivity contribution is 7.98. The number of alkyl halides is 3. The zero-order valence-electron chi connectivity index (χ0n) is 10.7. The number of benzene rings is 2. The van der Waals surface area contributed by atoms with E-state index in [4.69, 9.17) is 0 Å². The molecule has 2 rings (SSSR count). The minimum absolute atomic E-state index is 0.154. The first-order valence-corrected chi connectivity index (χ1v) is 7.14. The van der Waals surface area contributed by atoms with E-state index in [1.165, 1.54) is 12.1 Å². The van der Waals surface area contributed by atoms with Crippen LogP contribution in [0.5, 0.6) is 0 Å². The van der Waals surface area contributed by atoms with Crippen LogP contribution in [0.25, 0.3) is 0 Å². The van der Waals surface area contributed by atoms with Gasteiger partial charge in [-0.2, -0.15) is 13.2 Å². The van der Waals surface area contributed by atoms with Crippen molar-refractivity contribution in [1.29, 1.82) is 0 Å². The highest BCUT2D eigenvalue weighted by Gasteiger charge is 2.34. The number of aliphatic hydroxyl groups excluding tert-OH is 1. The number of halogens is 3. The summed E-state index contributed by atoms with van der Waals surface area (Å²) >= 11 is 1.04. The second kappa shape index (κ2) is 5.89. The molecule has 2 aromatic carbocycles. The van der Waals surface area contributed by atoms with E-state index >= 15 is 0 Å². The molecular formula is C15H13F3OS. The topological polar surface area (TPSA) is 20.2 Å². The summed E-state index contributed by atoms with van der Waals surface area (Å²) in [6, 6.07) is 12.6. The molecule has 0 bridgehead atoms. The van der Waals surface area contributed by atoms with Crippen LogP contribution in [0.1, 0.15) is 22.8 Å². The average molecular weight is 298 g/mol. The first kappa shape index (κ1) is 14.9. The van der Waals surface area contributed by atoms with Gasteiger partial charge in [-0.15, -0.1) is 11.8 Å². The fraction of sp³-hybridized carbons (Fsp3) is 0.200. The number of aliphatic hydroxyl groups is 1. The molecule has 0 saturated heterocycles. The fourth-order valence-corrected chi connectivity index (χ4v) is 2.54. The molecule has 0 radical (unpaired) electrons. The molecule has 0 fully saturated rings. The van der Waals surface area contributed by atoms with Crippen LogP contribution in [0.4, 0.5) is 13.2 Å². The van der Waals surface area contributed by atoms with E-state index in [0.29, 0.717) is 5.56 Å². The van der Waals surface area contributed by atoms with Crippen LogP contribution in [0, 0.1) is 0 Å². The Morgan fingerprint density at radius 3 is 2.20 bits per heavy atom. The molecule has 1 atom stereocenters. The molecule has 0 aliphatic rings. The van der Waals surface area contributed by atoms with Gasteiger partial charge in [0.2, 0.25) is 0 Å². The molecule has 2 aromatic rings. The summed E-state index contributed by atoms with van der Waals surface area (Å²) in [6.07, 6.45) is -3.89. The molecule has 1 nitrogen and oxygen atoms in total. The Morgan fingerprint density at radius 2 is 1.65 bits per heavy atom. The summed E-state index contributed by atoms with van der Waals surface area (Å²) in [5, 5.41) is 10.2. The predicted octanol–water partition coefficient (Wildman–Crippen LogP) is 4.51. The normalized spacial score (nSPS) is 13.2. The van der Waals surface area contributed by atoms with Gasteiger partial charge < -0.3 is 5.11 Å². The van der Waals surface area contributed by atoms with E-state index in [0.717, 1.165) is 17.8 Å². The fourth-order valence-electron chi connectivity index (χ4n) is 1.94. The summed E-state index contributed by atoms with van der Waals surface area (Å²) in [5.41, 5.74) is 0.0938. The van der Waals surface area contributed by atoms with E-state index in [1.54, 1.807) is 36.6 Å². The molecule has 1 N–H and O–H groups in total. The number of rotatable bonds is 3. The van der Waals surface area contributed by atoms with E-state index in [2.05, 4.69) is 0 Å². The maximum atomic E-state index is 13.0. The van der Waals surface area contributed by atoms with Gasteiger partial charge in [-0.05, 0) is 29.5 Å². The Morgan fingerprint density at radius 1 is 1.00 bits per heavy atom. The van der Waals surface area contributed by atoms with Gasteiger partial charge in [0.15, 0.2) is 0 Å². The van der Waals surface area contributed by atoms with Gasteiger partial charge in [0.1, 0.15) is 6.10 Å².